The van der Waals surface area contributed by atoms with Crippen molar-refractivity contribution in [2.24, 2.45) is 0 Å². The first-order valence-electron chi connectivity index (χ1n) is 9.26. The molecule has 1 unspecified atom stereocenters. The predicted octanol–water partition coefficient (Wildman–Crippen LogP) is 1.50. The van der Waals surface area contributed by atoms with Crippen LogP contribution in [0, 0.1) is 0 Å². The second kappa shape index (κ2) is 7.23. The zero-order valence-corrected chi connectivity index (χ0v) is 16.7. The summed E-state index contributed by atoms with van der Waals surface area (Å²) in [5, 5.41) is 25.4. The molecule has 1 amide bonds. The van der Waals surface area contributed by atoms with E-state index in [0.29, 0.717) is 24.4 Å². The monoisotopic (exact) mass is 404 g/mol. The van der Waals surface area contributed by atoms with E-state index in [0.717, 1.165) is 27.9 Å². The van der Waals surface area contributed by atoms with Gasteiger partial charge in [-0.1, -0.05) is 11.3 Å². The maximum absolute atomic E-state index is 12.4. The number of ether oxygens (including phenoxy) is 1. The summed E-state index contributed by atoms with van der Waals surface area (Å²) < 4.78 is 5.77. The van der Waals surface area contributed by atoms with Gasteiger partial charge >= 0.3 is 0 Å². The van der Waals surface area contributed by atoms with Gasteiger partial charge in [0.1, 0.15) is 17.2 Å². The number of fused-ring (bicyclic) bond motifs is 2. The van der Waals surface area contributed by atoms with E-state index in [9.17, 15) is 9.90 Å². The van der Waals surface area contributed by atoms with Crippen molar-refractivity contribution >= 4 is 33.8 Å². The summed E-state index contributed by atoms with van der Waals surface area (Å²) in [6.45, 7) is 5.11. The van der Waals surface area contributed by atoms with E-state index < -0.39 is 6.10 Å². The summed E-state index contributed by atoms with van der Waals surface area (Å²) in [4.78, 5) is 19.9. The molecule has 0 saturated carbocycles. The number of anilines is 3. The van der Waals surface area contributed by atoms with Gasteiger partial charge in [0, 0.05) is 24.2 Å². The van der Waals surface area contributed by atoms with Crippen molar-refractivity contribution in [1.29, 1.82) is 0 Å². The van der Waals surface area contributed by atoms with E-state index >= 15 is 0 Å². The summed E-state index contributed by atoms with van der Waals surface area (Å²) >= 11 is 1.40. The van der Waals surface area contributed by atoms with Crippen LogP contribution in [0.1, 0.15) is 29.2 Å². The van der Waals surface area contributed by atoms with E-state index in [1.165, 1.54) is 11.3 Å². The second-order valence-electron chi connectivity index (χ2n) is 7.69. The van der Waals surface area contributed by atoms with E-state index in [1.54, 1.807) is 0 Å². The van der Waals surface area contributed by atoms with Gasteiger partial charge in [-0.25, -0.2) is 4.98 Å². The normalized spacial score (nSPS) is 18.6. The Kier molecular flexibility index (Phi) is 4.90. The van der Waals surface area contributed by atoms with Crippen molar-refractivity contribution in [3.05, 3.63) is 28.8 Å². The van der Waals surface area contributed by atoms with Crippen molar-refractivity contribution in [2.45, 2.75) is 31.9 Å². The molecule has 0 aliphatic carbocycles. The first kappa shape index (κ1) is 19.0. The Morgan fingerprint density at radius 2 is 2.29 bits per heavy atom. The van der Waals surface area contributed by atoms with Gasteiger partial charge in [-0.3, -0.25) is 4.79 Å². The third-order valence-corrected chi connectivity index (χ3v) is 5.88. The number of amides is 1. The fourth-order valence-corrected chi connectivity index (χ4v) is 4.42. The minimum atomic E-state index is -0.823. The highest BCUT2D eigenvalue weighted by Crippen LogP contribution is 2.41. The molecule has 1 aromatic carbocycles. The molecule has 2 aliphatic rings. The molecular formula is C19H24N4O4S. The lowest BCUT2D eigenvalue weighted by Crippen LogP contribution is -2.48. The third kappa shape index (κ3) is 3.65. The van der Waals surface area contributed by atoms with E-state index in [1.807, 2.05) is 32.0 Å². The second-order valence-corrected chi connectivity index (χ2v) is 8.66. The number of nitrogens with one attached hydrogen (secondary N) is 2. The Morgan fingerprint density at radius 1 is 1.46 bits per heavy atom. The molecule has 8 nitrogen and oxygen atoms in total. The van der Waals surface area contributed by atoms with Gasteiger partial charge < -0.3 is 30.5 Å². The first-order valence-corrected chi connectivity index (χ1v) is 10.1. The van der Waals surface area contributed by atoms with Crippen LogP contribution in [-0.2, 0) is 6.42 Å². The van der Waals surface area contributed by atoms with E-state index in [2.05, 4.69) is 15.5 Å². The zero-order chi connectivity index (χ0) is 19.9. The molecule has 0 fully saturated rings. The fourth-order valence-electron chi connectivity index (χ4n) is 3.41. The third-order valence-electron chi connectivity index (χ3n) is 4.76. The Balaban J connectivity index is 1.64. The SMILES string of the molecule is CC1(C)Cc2nc(N3CCOc4ccc(NCC(O)CO)cc43)sc2C(=O)N1. The molecule has 0 radical (unpaired) electrons. The van der Waals surface area contributed by atoms with Crippen LogP contribution < -0.4 is 20.3 Å². The summed E-state index contributed by atoms with van der Waals surface area (Å²) in [7, 11) is 0. The summed E-state index contributed by atoms with van der Waals surface area (Å²) in [5.41, 5.74) is 2.20. The number of hydrogen-bond acceptors (Lipinski definition) is 8. The molecule has 0 spiro atoms. The van der Waals surface area contributed by atoms with Crippen LogP contribution in [0.3, 0.4) is 0 Å². The Bertz CT molecular complexity index is 898. The fraction of sp³-hybridized carbons (Fsp3) is 0.474. The predicted molar refractivity (Wildman–Crippen MR) is 108 cm³/mol. The number of nitrogens with zero attached hydrogens (tertiary/aromatic N) is 2. The van der Waals surface area contributed by atoms with Gasteiger partial charge in [0.2, 0.25) is 0 Å². The lowest BCUT2D eigenvalue weighted by Gasteiger charge is -2.30. The largest absolute Gasteiger partial charge is 0.490 e. The first-order chi connectivity index (χ1) is 13.4. The zero-order valence-electron chi connectivity index (χ0n) is 15.9. The molecule has 0 saturated heterocycles. The molecule has 2 aromatic rings. The topological polar surface area (TPSA) is 107 Å². The number of aliphatic hydroxyl groups is 2. The number of aromatic nitrogens is 1. The number of thiazole rings is 1. The van der Waals surface area contributed by atoms with Crippen LogP contribution in [0.5, 0.6) is 5.75 Å². The van der Waals surface area contributed by atoms with Crippen molar-refractivity contribution in [3.63, 3.8) is 0 Å². The average molecular weight is 404 g/mol. The van der Waals surface area contributed by atoms with E-state index in [4.69, 9.17) is 14.8 Å². The molecule has 3 heterocycles. The van der Waals surface area contributed by atoms with Crippen LogP contribution in [0.25, 0.3) is 0 Å². The Labute approximate surface area is 167 Å². The van der Waals surface area contributed by atoms with Gasteiger partial charge in [-0.2, -0.15) is 0 Å². The molecule has 1 atom stereocenters. The van der Waals surface area contributed by atoms with Crippen LogP contribution in [0.15, 0.2) is 18.2 Å². The highest BCUT2D eigenvalue weighted by atomic mass is 32.1. The van der Waals surface area contributed by atoms with Crippen molar-refractivity contribution < 1.29 is 19.7 Å². The molecule has 9 heteroatoms. The van der Waals surface area contributed by atoms with Gasteiger partial charge in [0.25, 0.3) is 5.91 Å². The summed E-state index contributed by atoms with van der Waals surface area (Å²) in [5.74, 6) is 0.675. The van der Waals surface area contributed by atoms with Crippen LogP contribution in [0.2, 0.25) is 0 Å². The summed E-state index contributed by atoms with van der Waals surface area (Å²) in [6, 6.07) is 5.68. The number of benzene rings is 1. The molecular weight excluding hydrogens is 380 g/mol. The van der Waals surface area contributed by atoms with Gasteiger partial charge in [-0.05, 0) is 32.0 Å². The van der Waals surface area contributed by atoms with Crippen molar-refractivity contribution in [2.75, 3.05) is 36.5 Å². The highest BCUT2D eigenvalue weighted by molar-refractivity contribution is 7.17. The molecule has 150 valence electrons. The minimum Gasteiger partial charge on any atom is -0.490 e. The molecule has 2 aliphatic heterocycles. The number of carbonyl (C=O) groups is 1. The number of aliphatic hydroxyl groups excluding tert-OH is 2. The van der Waals surface area contributed by atoms with Crippen LogP contribution in [-0.4, -0.2) is 59.1 Å². The quantitative estimate of drug-likeness (QED) is 0.598. The molecule has 1 aromatic heterocycles. The van der Waals surface area contributed by atoms with Gasteiger partial charge in [-0.15, -0.1) is 0 Å². The number of hydrogen-bond donors (Lipinski definition) is 4. The number of rotatable bonds is 5. The lowest BCUT2D eigenvalue weighted by atomic mass is 9.94. The summed E-state index contributed by atoms with van der Waals surface area (Å²) in [6.07, 6.45) is -0.126. The molecule has 28 heavy (non-hydrogen) atoms. The minimum absolute atomic E-state index is 0.0723. The molecule has 4 N–H and O–H groups in total. The molecule has 0 bridgehead atoms. The smallest absolute Gasteiger partial charge is 0.263 e. The lowest BCUT2D eigenvalue weighted by molar-refractivity contribution is 0.0901. The molecule has 4 rings (SSSR count). The van der Waals surface area contributed by atoms with Crippen LogP contribution in [0.4, 0.5) is 16.5 Å². The van der Waals surface area contributed by atoms with E-state index in [-0.39, 0.29) is 24.6 Å². The standard InChI is InChI=1S/C19H24N4O4S/c1-19(2)8-13-16(17(26)22-19)28-18(21-13)23-5-6-27-15-4-3-11(7-14(15)23)20-9-12(25)10-24/h3-4,7,12,20,24-25H,5-6,8-10H2,1-2H3,(H,22,26). The van der Waals surface area contributed by atoms with Crippen LogP contribution >= 0.6 is 11.3 Å². The maximum Gasteiger partial charge on any atom is 0.263 e. The maximum atomic E-state index is 12.4. The average Bonchev–Trinajstić information content (AvgIpc) is 3.08. The van der Waals surface area contributed by atoms with Gasteiger partial charge in [0.05, 0.1) is 30.6 Å². The van der Waals surface area contributed by atoms with Crippen molar-refractivity contribution in [1.82, 2.24) is 10.3 Å². The number of carbonyl (C=O) groups excluding carboxylic acids is 1. The van der Waals surface area contributed by atoms with Crippen molar-refractivity contribution in [3.8, 4) is 5.75 Å². The Morgan fingerprint density at radius 3 is 3.07 bits per heavy atom. The van der Waals surface area contributed by atoms with Gasteiger partial charge in [0.15, 0.2) is 5.13 Å². The Hall–Kier alpha value is -2.36. The highest BCUT2D eigenvalue weighted by Gasteiger charge is 2.34.